The van der Waals surface area contributed by atoms with E-state index < -0.39 is 5.97 Å². The number of rotatable bonds is 3. The number of anilines is 1. The van der Waals surface area contributed by atoms with Crippen LogP contribution in [0.4, 0.5) is 5.69 Å². The molecule has 2 aromatic rings. The summed E-state index contributed by atoms with van der Waals surface area (Å²) in [7, 11) is 0. The number of ether oxygens (including phenoxy) is 1. The predicted molar refractivity (Wildman–Crippen MR) is 108 cm³/mol. The van der Waals surface area contributed by atoms with Crippen molar-refractivity contribution in [1.82, 2.24) is 0 Å². The van der Waals surface area contributed by atoms with E-state index in [2.05, 4.69) is 0 Å². The van der Waals surface area contributed by atoms with Gasteiger partial charge in [0, 0.05) is 0 Å². The van der Waals surface area contributed by atoms with Crippen molar-refractivity contribution in [3.05, 3.63) is 59.2 Å². The molecule has 0 radical (unpaired) electrons. The number of carbonyl (C=O) groups is 3. The lowest BCUT2D eigenvalue weighted by Crippen LogP contribution is -2.32. The summed E-state index contributed by atoms with van der Waals surface area (Å²) in [6, 6.07) is 12.2. The fraction of sp³-hybridized carbons (Fsp3) is 0.375. The van der Waals surface area contributed by atoms with Gasteiger partial charge in [-0.2, -0.15) is 0 Å². The minimum absolute atomic E-state index is 0.104. The molecule has 0 N–H and O–H groups in total. The number of imide groups is 1. The Labute approximate surface area is 169 Å². The van der Waals surface area contributed by atoms with Gasteiger partial charge >= 0.3 is 5.97 Å². The molecule has 3 fully saturated rings. The predicted octanol–water partition coefficient (Wildman–Crippen LogP) is 4.06. The minimum Gasteiger partial charge on any atom is -0.423 e. The molecule has 5 nitrogen and oxygen atoms in total. The van der Waals surface area contributed by atoms with Crippen LogP contribution in [0.5, 0.6) is 5.75 Å². The van der Waals surface area contributed by atoms with Gasteiger partial charge in [-0.3, -0.25) is 14.5 Å². The SMILES string of the molecule is Cc1cccc(OC(=O)c2cccc(N3C(=O)[C@@H]4[C@@H]5CC[C@H](C5)[C@@H]4C3=O)c2)c1C. The lowest BCUT2D eigenvalue weighted by atomic mass is 9.81. The van der Waals surface area contributed by atoms with Crippen LogP contribution in [0.1, 0.15) is 40.7 Å². The Morgan fingerprint density at radius 1 is 0.966 bits per heavy atom. The largest absolute Gasteiger partial charge is 0.423 e. The second-order valence-corrected chi connectivity index (χ2v) is 8.53. The van der Waals surface area contributed by atoms with Crippen LogP contribution in [0.2, 0.25) is 0 Å². The minimum atomic E-state index is -0.500. The van der Waals surface area contributed by atoms with Crippen LogP contribution in [-0.4, -0.2) is 17.8 Å². The summed E-state index contributed by atoms with van der Waals surface area (Å²) in [5.41, 5.74) is 2.73. The molecule has 1 heterocycles. The highest BCUT2D eigenvalue weighted by molar-refractivity contribution is 6.22. The molecule has 5 heteroatoms. The molecule has 1 aliphatic heterocycles. The van der Waals surface area contributed by atoms with Crippen LogP contribution >= 0.6 is 0 Å². The second-order valence-electron chi connectivity index (χ2n) is 8.53. The van der Waals surface area contributed by atoms with Crippen molar-refractivity contribution in [2.45, 2.75) is 33.1 Å². The summed E-state index contributed by atoms with van der Waals surface area (Å²) in [4.78, 5) is 40.1. The highest BCUT2D eigenvalue weighted by Gasteiger charge is 2.61. The van der Waals surface area contributed by atoms with Gasteiger partial charge in [0.2, 0.25) is 11.8 Å². The number of nitrogens with zero attached hydrogens (tertiary/aromatic N) is 1. The first-order valence-electron chi connectivity index (χ1n) is 10.2. The number of hydrogen-bond acceptors (Lipinski definition) is 4. The molecule has 2 saturated carbocycles. The van der Waals surface area contributed by atoms with Gasteiger partial charge in [-0.15, -0.1) is 0 Å². The van der Waals surface area contributed by atoms with E-state index in [1.807, 2.05) is 26.0 Å². The van der Waals surface area contributed by atoms with Crippen LogP contribution in [0.25, 0.3) is 0 Å². The molecule has 2 amide bonds. The maximum Gasteiger partial charge on any atom is 0.343 e. The Bertz CT molecular complexity index is 1010. The van der Waals surface area contributed by atoms with Crippen molar-refractivity contribution in [3.63, 3.8) is 0 Å². The van der Waals surface area contributed by atoms with E-state index in [9.17, 15) is 14.4 Å². The first-order valence-corrected chi connectivity index (χ1v) is 10.2. The van der Waals surface area contributed by atoms with Crippen LogP contribution in [-0.2, 0) is 9.59 Å². The summed E-state index contributed by atoms with van der Waals surface area (Å²) in [6.45, 7) is 3.87. The maximum absolute atomic E-state index is 13.0. The summed E-state index contributed by atoms with van der Waals surface area (Å²) >= 11 is 0. The summed E-state index contributed by atoms with van der Waals surface area (Å²) in [5, 5.41) is 0. The average molecular weight is 389 g/mol. The number of hydrogen-bond donors (Lipinski definition) is 0. The molecule has 0 unspecified atom stereocenters. The smallest absolute Gasteiger partial charge is 0.343 e. The molecule has 2 bridgehead atoms. The van der Waals surface area contributed by atoms with Gasteiger partial charge in [0.25, 0.3) is 0 Å². The summed E-state index contributed by atoms with van der Waals surface area (Å²) in [6.07, 6.45) is 3.09. The standard InChI is InChI=1S/C24H23NO4/c1-13-5-3-8-19(14(13)2)29-24(28)17-6-4-7-18(12-17)25-22(26)20-15-9-10-16(11-15)21(20)23(25)27/h3-8,12,15-16,20-21H,9-11H2,1-2H3/t15-,16-,20-,21+/m1/s1. The van der Waals surface area contributed by atoms with E-state index in [1.54, 1.807) is 30.3 Å². The topological polar surface area (TPSA) is 63.7 Å². The maximum atomic E-state index is 13.0. The fourth-order valence-electron chi connectivity index (χ4n) is 5.43. The molecule has 0 aromatic heterocycles. The Morgan fingerprint density at radius 3 is 2.31 bits per heavy atom. The number of aryl methyl sites for hydroxylation is 1. The van der Waals surface area contributed by atoms with Crippen molar-refractivity contribution >= 4 is 23.5 Å². The van der Waals surface area contributed by atoms with E-state index in [-0.39, 0.29) is 23.7 Å². The molecule has 2 aromatic carbocycles. The lowest BCUT2D eigenvalue weighted by molar-refractivity contribution is -0.123. The third-order valence-corrected chi connectivity index (χ3v) is 7.03. The highest BCUT2D eigenvalue weighted by atomic mass is 16.5. The highest BCUT2D eigenvalue weighted by Crippen LogP contribution is 2.56. The van der Waals surface area contributed by atoms with Crippen LogP contribution in [0.3, 0.4) is 0 Å². The fourth-order valence-corrected chi connectivity index (χ4v) is 5.43. The Balaban J connectivity index is 1.42. The summed E-state index contributed by atoms with van der Waals surface area (Å²) < 4.78 is 5.57. The molecule has 148 valence electrons. The van der Waals surface area contributed by atoms with Gasteiger partial charge < -0.3 is 4.74 Å². The number of amides is 2. The Kier molecular flexibility index (Phi) is 4.09. The molecule has 0 spiro atoms. The van der Waals surface area contributed by atoms with E-state index in [0.29, 0.717) is 28.8 Å². The molecule has 3 aliphatic rings. The van der Waals surface area contributed by atoms with Gasteiger partial charge in [0.15, 0.2) is 0 Å². The van der Waals surface area contributed by atoms with Crippen molar-refractivity contribution in [3.8, 4) is 5.75 Å². The quantitative estimate of drug-likeness (QED) is 0.451. The van der Waals surface area contributed by atoms with Gasteiger partial charge in [0.1, 0.15) is 5.75 Å². The monoisotopic (exact) mass is 389 g/mol. The van der Waals surface area contributed by atoms with Gasteiger partial charge in [-0.25, -0.2) is 4.79 Å². The molecular formula is C24H23NO4. The molecule has 1 saturated heterocycles. The van der Waals surface area contributed by atoms with Crippen molar-refractivity contribution in [2.24, 2.45) is 23.7 Å². The molecule has 5 rings (SSSR count). The van der Waals surface area contributed by atoms with Gasteiger partial charge in [0.05, 0.1) is 23.1 Å². The van der Waals surface area contributed by atoms with E-state index in [1.165, 1.54) is 4.90 Å². The average Bonchev–Trinajstić information content (AvgIpc) is 3.39. The molecular weight excluding hydrogens is 366 g/mol. The first kappa shape index (κ1) is 18.1. The number of fused-ring (bicyclic) bond motifs is 5. The zero-order valence-electron chi connectivity index (χ0n) is 16.6. The van der Waals surface area contributed by atoms with Crippen LogP contribution < -0.4 is 9.64 Å². The second kappa shape index (κ2) is 6.55. The summed E-state index contributed by atoms with van der Waals surface area (Å²) in [5.74, 6) is 0.130. The lowest BCUT2D eigenvalue weighted by Gasteiger charge is -2.19. The molecule has 2 aliphatic carbocycles. The first-order chi connectivity index (χ1) is 14.0. The van der Waals surface area contributed by atoms with E-state index in [4.69, 9.17) is 4.74 Å². The van der Waals surface area contributed by atoms with Crippen LogP contribution in [0.15, 0.2) is 42.5 Å². The van der Waals surface area contributed by atoms with E-state index >= 15 is 0 Å². The van der Waals surface area contributed by atoms with Gasteiger partial charge in [-0.05, 0) is 80.3 Å². The molecule has 4 atom stereocenters. The molecule has 29 heavy (non-hydrogen) atoms. The normalized spacial score (nSPS) is 27.4. The third kappa shape index (κ3) is 2.71. The van der Waals surface area contributed by atoms with E-state index in [0.717, 1.165) is 30.4 Å². The van der Waals surface area contributed by atoms with Crippen molar-refractivity contribution < 1.29 is 19.1 Å². The third-order valence-electron chi connectivity index (χ3n) is 7.03. The van der Waals surface area contributed by atoms with Crippen molar-refractivity contribution in [2.75, 3.05) is 4.90 Å². The zero-order valence-corrected chi connectivity index (χ0v) is 16.6. The number of carbonyl (C=O) groups excluding carboxylic acids is 3. The Morgan fingerprint density at radius 2 is 1.62 bits per heavy atom. The van der Waals surface area contributed by atoms with Gasteiger partial charge in [-0.1, -0.05) is 18.2 Å². The van der Waals surface area contributed by atoms with Crippen molar-refractivity contribution in [1.29, 1.82) is 0 Å². The van der Waals surface area contributed by atoms with Crippen LogP contribution in [0, 0.1) is 37.5 Å². The Hall–Kier alpha value is -2.95. The number of esters is 1. The number of benzene rings is 2. The zero-order chi connectivity index (χ0) is 20.3.